The van der Waals surface area contributed by atoms with Crippen LogP contribution < -0.4 is 5.73 Å². The highest BCUT2D eigenvalue weighted by molar-refractivity contribution is 6.36. The molecule has 0 aliphatic heterocycles. The Hall–Kier alpha value is -1.69. The van der Waals surface area contributed by atoms with Crippen LogP contribution in [-0.2, 0) is 12.6 Å². The van der Waals surface area contributed by atoms with E-state index in [0.29, 0.717) is 39.5 Å². The molecule has 0 bridgehead atoms. The van der Waals surface area contributed by atoms with E-state index >= 15 is 0 Å². The van der Waals surface area contributed by atoms with Crippen molar-refractivity contribution in [3.8, 4) is 11.3 Å². The van der Waals surface area contributed by atoms with Gasteiger partial charge in [0.1, 0.15) is 0 Å². The zero-order valence-electron chi connectivity index (χ0n) is 13.8. The molecule has 0 saturated carbocycles. The standard InChI is InChI=1S/C19H17Cl2F3N2/c20-12-5-6-14(16(21)10-12)18-13(3-1-2-8-25)15-9-11(19(22,23)24)4-7-17(15)26-18/h4-7,9-10,26H,1-3,8,25H2. The van der Waals surface area contributed by atoms with E-state index in [9.17, 15) is 13.2 Å². The van der Waals surface area contributed by atoms with Crippen LogP contribution in [0.3, 0.4) is 0 Å². The van der Waals surface area contributed by atoms with Crippen molar-refractivity contribution in [2.24, 2.45) is 5.73 Å². The summed E-state index contributed by atoms with van der Waals surface area (Å²) in [5.74, 6) is 0. The van der Waals surface area contributed by atoms with Crippen molar-refractivity contribution < 1.29 is 13.2 Å². The molecule has 138 valence electrons. The van der Waals surface area contributed by atoms with Crippen molar-refractivity contribution in [3.63, 3.8) is 0 Å². The summed E-state index contributed by atoms with van der Waals surface area (Å²) < 4.78 is 39.4. The lowest BCUT2D eigenvalue weighted by Crippen LogP contribution is -2.04. The Kier molecular flexibility index (Phi) is 5.51. The number of rotatable bonds is 5. The molecule has 1 aromatic heterocycles. The van der Waals surface area contributed by atoms with Gasteiger partial charge in [0, 0.05) is 21.5 Å². The van der Waals surface area contributed by atoms with E-state index in [1.807, 2.05) is 0 Å². The number of fused-ring (bicyclic) bond motifs is 1. The van der Waals surface area contributed by atoms with Gasteiger partial charge in [0.15, 0.2) is 0 Å². The summed E-state index contributed by atoms with van der Waals surface area (Å²) in [6.45, 7) is 0.535. The van der Waals surface area contributed by atoms with Gasteiger partial charge in [0.25, 0.3) is 0 Å². The second kappa shape index (κ2) is 7.51. The summed E-state index contributed by atoms with van der Waals surface area (Å²) in [5.41, 5.74) is 7.77. The number of aryl methyl sites for hydroxylation is 1. The monoisotopic (exact) mass is 400 g/mol. The molecule has 3 aromatic rings. The molecular formula is C19H17Cl2F3N2. The molecule has 3 N–H and O–H groups in total. The molecular weight excluding hydrogens is 384 g/mol. The van der Waals surface area contributed by atoms with Gasteiger partial charge < -0.3 is 10.7 Å². The maximum Gasteiger partial charge on any atom is 0.416 e. The smallest absolute Gasteiger partial charge is 0.354 e. The molecule has 0 saturated heterocycles. The highest BCUT2D eigenvalue weighted by atomic mass is 35.5. The minimum Gasteiger partial charge on any atom is -0.354 e. The van der Waals surface area contributed by atoms with Gasteiger partial charge in [-0.2, -0.15) is 13.2 Å². The normalized spacial score (nSPS) is 12.1. The van der Waals surface area contributed by atoms with Gasteiger partial charge in [-0.1, -0.05) is 23.2 Å². The highest BCUT2D eigenvalue weighted by Crippen LogP contribution is 2.39. The Labute approximate surface area is 159 Å². The third-order valence-corrected chi connectivity index (χ3v) is 4.86. The summed E-state index contributed by atoms with van der Waals surface area (Å²) in [5, 5.41) is 1.50. The van der Waals surface area contributed by atoms with Crippen molar-refractivity contribution in [2.45, 2.75) is 25.4 Å². The van der Waals surface area contributed by atoms with Crippen LogP contribution in [0.4, 0.5) is 13.2 Å². The van der Waals surface area contributed by atoms with E-state index < -0.39 is 11.7 Å². The summed E-state index contributed by atoms with van der Waals surface area (Å²) in [4.78, 5) is 3.22. The maximum atomic E-state index is 13.1. The zero-order chi connectivity index (χ0) is 18.9. The summed E-state index contributed by atoms with van der Waals surface area (Å²) in [6, 6.07) is 8.82. The van der Waals surface area contributed by atoms with Gasteiger partial charge in [-0.05, 0) is 67.8 Å². The Balaban J connectivity index is 2.19. The molecule has 3 rings (SSSR count). The van der Waals surface area contributed by atoms with Crippen LogP contribution in [-0.4, -0.2) is 11.5 Å². The number of alkyl halides is 3. The fourth-order valence-corrected chi connectivity index (χ4v) is 3.55. The quantitative estimate of drug-likeness (QED) is 0.475. The predicted octanol–water partition coefficient (Wildman–Crippen LogP) is 6.44. The van der Waals surface area contributed by atoms with Crippen molar-refractivity contribution >= 4 is 34.1 Å². The second-order valence-corrected chi connectivity index (χ2v) is 6.95. The van der Waals surface area contributed by atoms with E-state index in [1.165, 1.54) is 12.1 Å². The SMILES string of the molecule is NCCCCc1c(-c2ccc(Cl)cc2Cl)[nH]c2ccc(C(F)(F)F)cc12. The lowest BCUT2D eigenvalue weighted by Gasteiger charge is -2.09. The van der Waals surface area contributed by atoms with Crippen molar-refractivity contribution in [1.29, 1.82) is 0 Å². The number of aromatic amines is 1. The van der Waals surface area contributed by atoms with Crippen molar-refractivity contribution in [3.05, 3.63) is 57.6 Å². The average Bonchev–Trinajstić information content (AvgIpc) is 2.92. The van der Waals surface area contributed by atoms with E-state index in [-0.39, 0.29) is 0 Å². The third kappa shape index (κ3) is 3.85. The summed E-state index contributed by atoms with van der Waals surface area (Å²) in [6.07, 6.45) is -2.22. The predicted molar refractivity (Wildman–Crippen MR) is 101 cm³/mol. The number of hydrogen-bond acceptors (Lipinski definition) is 1. The molecule has 0 fully saturated rings. The lowest BCUT2D eigenvalue weighted by atomic mass is 9.99. The van der Waals surface area contributed by atoms with Crippen LogP contribution >= 0.6 is 23.2 Å². The molecule has 0 spiro atoms. The van der Waals surface area contributed by atoms with Gasteiger partial charge in [-0.3, -0.25) is 0 Å². The second-order valence-electron chi connectivity index (χ2n) is 6.11. The van der Waals surface area contributed by atoms with Gasteiger partial charge >= 0.3 is 6.18 Å². The summed E-state index contributed by atoms with van der Waals surface area (Å²) >= 11 is 12.3. The molecule has 0 aliphatic carbocycles. The molecule has 0 atom stereocenters. The fraction of sp³-hybridized carbons (Fsp3) is 0.263. The van der Waals surface area contributed by atoms with Crippen LogP contribution in [0.25, 0.3) is 22.2 Å². The Bertz CT molecular complexity index is 932. The Morgan fingerprint density at radius 1 is 1.00 bits per heavy atom. The van der Waals surface area contributed by atoms with Gasteiger partial charge in [0.2, 0.25) is 0 Å². The van der Waals surface area contributed by atoms with Crippen LogP contribution in [0, 0.1) is 0 Å². The number of halogens is 5. The first-order chi connectivity index (χ1) is 12.3. The van der Waals surface area contributed by atoms with Gasteiger partial charge in [0.05, 0.1) is 16.3 Å². The minimum atomic E-state index is -4.39. The fourth-order valence-electron chi connectivity index (χ4n) is 3.05. The molecule has 0 amide bonds. The number of unbranched alkanes of at least 4 members (excludes halogenated alkanes) is 1. The van der Waals surface area contributed by atoms with Crippen LogP contribution in [0.15, 0.2) is 36.4 Å². The first-order valence-electron chi connectivity index (χ1n) is 8.18. The average molecular weight is 401 g/mol. The molecule has 1 heterocycles. The number of H-pyrrole nitrogens is 1. The number of hydrogen-bond donors (Lipinski definition) is 2. The number of aromatic nitrogens is 1. The third-order valence-electron chi connectivity index (χ3n) is 4.31. The number of nitrogens with two attached hydrogens (primary N) is 1. The molecule has 0 unspecified atom stereocenters. The number of benzene rings is 2. The number of nitrogens with one attached hydrogen (secondary N) is 1. The molecule has 2 nitrogen and oxygen atoms in total. The van der Waals surface area contributed by atoms with Crippen LogP contribution in [0.5, 0.6) is 0 Å². The first kappa shape index (κ1) is 19.1. The molecule has 0 radical (unpaired) electrons. The minimum absolute atomic E-state index is 0.445. The van der Waals surface area contributed by atoms with E-state index in [2.05, 4.69) is 4.98 Å². The summed E-state index contributed by atoms with van der Waals surface area (Å²) in [7, 11) is 0. The van der Waals surface area contributed by atoms with E-state index in [0.717, 1.165) is 30.2 Å². The Morgan fingerprint density at radius 2 is 1.77 bits per heavy atom. The van der Waals surface area contributed by atoms with E-state index in [1.54, 1.807) is 18.2 Å². The molecule has 2 aromatic carbocycles. The molecule has 26 heavy (non-hydrogen) atoms. The van der Waals surface area contributed by atoms with Crippen molar-refractivity contribution in [2.75, 3.05) is 6.54 Å². The largest absolute Gasteiger partial charge is 0.416 e. The zero-order valence-corrected chi connectivity index (χ0v) is 15.3. The first-order valence-corrected chi connectivity index (χ1v) is 8.94. The Morgan fingerprint density at radius 3 is 2.42 bits per heavy atom. The van der Waals surface area contributed by atoms with Crippen LogP contribution in [0.1, 0.15) is 24.0 Å². The highest BCUT2D eigenvalue weighted by Gasteiger charge is 2.31. The van der Waals surface area contributed by atoms with Gasteiger partial charge in [-0.25, -0.2) is 0 Å². The topological polar surface area (TPSA) is 41.8 Å². The lowest BCUT2D eigenvalue weighted by molar-refractivity contribution is -0.137. The molecule has 0 aliphatic rings. The van der Waals surface area contributed by atoms with Crippen LogP contribution in [0.2, 0.25) is 10.0 Å². The maximum absolute atomic E-state index is 13.1. The van der Waals surface area contributed by atoms with E-state index in [4.69, 9.17) is 28.9 Å². The molecule has 7 heteroatoms. The van der Waals surface area contributed by atoms with Crippen molar-refractivity contribution in [1.82, 2.24) is 4.98 Å². The van der Waals surface area contributed by atoms with Gasteiger partial charge in [-0.15, -0.1) is 0 Å².